The molecule has 3 heterocycles. The zero-order chi connectivity index (χ0) is 25.1. The Morgan fingerprint density at radius 3 is 2.47 bits per heavy atom. The van der Waals surface area contributed by atoms with Gasteiger partial charge in [-0.2, -0.15) is 5.10 Å². The van der Waals surface area contributed by atoms with Gasteiger partial charge in [-0.05, 0) is 44.5 Å². The normalized spacial score (nSPS) is 14.4. The molecule has 186 valence electrons. The molecular formula is C28H31FN6O. The van der Waals surface area contributed by atoms with Crippen LogP contribution in [0.2, 0.25) is 0 Å². The SMILES string of the molecule is Cc1nn2c(C)c(C(=O)NCCCN3CCN(c4ccccc4F)CC3)cnc2c1-c1ccccc1. The Bertz CT molecular complexity index is 1360. The third-order valence-corrected chi connectivity index (χ3v) is 6.87. The lowest BCUT2D eigenvalue weighted by atomic mass is 10.1. The van der Waals surface area contributed by atoms with Crippen LogP contribution in [0.5, 0.6) is 0 Å². The van der Waals surface area contributed by atoms with E-state index in [4.69, 9.17) is 0 Å². The van der Waals surface area contributed by atoms with E-state index in [9.17, 15) is 9.18 Å². The van der Waals surface area contributed by atoms with E-state index in [-0.39, 0.29) is 11.7 Å². The molecule has 0 radical (unpaired) electrons. The van der Waals surface area contributed by atoms with Gasteiger partial charge in [0.25, 0.3) is 5.91 Å². The first-order valence-corrected chi connectivity index (χ1v) is 12.4. The highest BCUT2D eigenvalue weighted by Crippen LogP contribution is 2.28. The lowest BCUT2D eigenvalue weighted by molar-refractivity contribution is 0.0949. The van der Waals surface area contributed by atoms with E-state index in [1.807, 2.05) is 56.3 Å². The van der Waals surface area contributed by atoms with E-state index >= 15 is 0 Å². The number of piperazine rings is 1. The largest absolute Gasteiger partial charge is 0.367 e. The number of hydrogen-bond acceptors (Lipinski definition) is 5. The summed E-state index contributed by atoms with van der Waals surface area (Å²) in [6.07, 6.45) is 2.49. The van der Waals surface area contributed by atoms with Gasteiger partial charge in [0.2, 0.25) is 0 Å². The molecule has 1 aliphatic heterocycles. The Morgan fingerprint density at radius 1 is 1.00 bits per heavy atom. The molecule has 1 fully saturated rings. The summed E-state index contributed by atoms with van der Waals surface area (Å²) in [5, 5.41) is 7.70. The molecule has 1 aliphatic rings. The second-order valence-electron chi connectivity index (χ2n) is 9.21. The molecule has 1 saturated heterocycles. The maximum Gasteiger partial charge on any atom is 0.254 e. The van der Waals surface area contributed by atoms with Gasteiger partial charge in [-0.3, -0.25) is 9.69 Å². The lowest BCUT2D eigenvalue weighted by Gasteiger charge is -2.36. The Morgan fingerprint density at radius 2 is 1.72 bits per heavy atom. The van der Waals surface area contributed by atoms with E-state index in [1.54, 1.807) is 16.8 Å². The topological polar surface area (TPSA) is 65.8 Å². The molecule has 7 nitrogen and oxygen atoms in total. The molecule has 1 N–H and O–H groups in total. The third-order valence-electron chi connectivity index (χ3n) is 6.87. The zero-order valence-corrected chi connectivity index (χ0v) is 20.7. The van der Waals surface area contributed by atoms with Gasteiger partial charge in [0.15, 0.2) is 5.65 Å². The van der Waals surface area contributed by atoms with Crippen LogP contribution in [-0.2, 0) is 0 Å². The number of amides is 1. The number of halogens is 1. The Balaban J connectivity index is 1.15. The van der Waals surface area contributed by atoms with Gasteiger partial charge in [-0.25, -0.2) is 13.9 Å². The van der Waals surface area contributed by atoms with Gasteiger partial charge in [0.05, 0.1) is 22.6 Å². The summed E-state index contributed by atoms with van der Waals surface area (Å²) in [6.45, 7) is 8.69. The summed E-state index contributed by atoms with van der Waals surface area (Å²) in [6, 6.07) is 17.0. The van der Waals surface area contributed by atoms with E-state index in [0.29, 0.717) is 17.8 Å². The van der Waals surface area contributed by atoms with Crippen molar-refractivity contribution < 1.29 is 9.18 Å². The third kappa shape index (κ3) is 4.81. The Hall–Kier alpha value is -3.78. The van der Waals surface area contributed by atoms with Gasteiger partial charge in [-0.1, -0.05) is 42.5 Å². The number of aromatic nitrogens is 3. The zero-order valence-electron chi connectivity index (χ0n) is 20.7. The first-order valence-electron chi connectivity index (χ1n) is 12.4. The van der Waals surface area contributed by atoms with Crippen LogP contribution < -0.4 is 10.2 Å². The summed E-state index contributed by atoms with van der Waals surface area (Å²) in [5.41, 5.74) is 5.65. The number of nitrogens with zero attached hydrogens (tertiary/aromatic N) is 5. The summed E-state index contributed by atoms with van der Waals surface area (Å²) < 4.78 is 15.8. The smallest absolute Gasteiger partial charge is 0.254 e. The van der Waals surface area contributed by atoms with E-state index < -0.39 is 0 Å². The first-order chi connectivity index (χ1) is 17.5. The van der Waals surface area contributed by atoms with Crippen molar-refractivity contribution in [2.75, 3.05) is 44.2 Å². The number of nitrogens with one attached hydrogen (secondary N) is 1. The van der Waals surface area contributed by atoms with Crippen molar-refractivity contribution in [3.8, 4) is 11.1 Å². The van der Waals surface area contributed by atoms with Crippen LogP contribution in [0.3, 0.4) is 0 Å². The number of benzene rings is 2. The van der Waals surface area contributed by atoms with Crippen LogP contribution in [-0.4, -0.2) is 64.7 Å². The maximum absolute atomic E-state index is 14.0. The van der Waals surface area contributed by atoms with Gasteiger partial charge in [0, 0.05) is 44.5 Å². The van der Waals surface area contributed by atoms with Crippen molar-refractivity contribution in [3.63, 3.8) is 0 Å². The van der Waals surface area contributed by atoms with Gasteiger partial charge >= 0.3 is 0 Å². The summed E-state index contributed by atoms with van der Waals surface area (Å²) in [7, 11) is 0. The highest BCUT2D eigenvalue weighted by Gasteiger charge is 2.20. The number of fused-ring (bicyclic) bond motifs is 1. The van der Waals surface area contributed by atoms with Crippen molar-refractivity contribution in [1.29, 1.82) is 0 Å². The predicted octanol–water partition coefficient (Wildman–Crippen LogP) is 4.09. The van der Waals surface area contributed by atoms with Gasteiger partial charge in [0.1, 0.15) is 5.82 Å². The average molecular weight is 487 g/mol. The molecule has 0 atom stereocenters. The van der Waals surface area contributed by atoms with E-state index in [1.165, 1.54) is 6.07 Å². The number of carbonyl (C=O) groups is 1. The molecule has 8 heteroatoms. The van der Waals surface area contributed by atoms with Crippen LogP contribution in [0.25, 0.3) is 16.8 Å². The van der Waals surface area contributed by atoms with E-state index in [0.717, 1.165) is 67.3 Å². The molecule has 2 aromatic carbocycles. The van der Waals surface area contributed by atoms with Crippen LogP contribution >= 0.6 is 0 Å². The van der Waals surface area contributed by atoms with Crippen molar-refractivity contribution in [3.05, 3.63) is 83.6 Å². The summed E-state index contributed by atoms with van der Waals surface area (Å²) in [5.74, 6) is -0.307. The minimum absolute atomic E-state index is 0.138. The molecule has 0 spiro atoms. The fourth-order valence-electron chi connectivity index (χ4n) is 4.89. The van der Waals surface area contributed by atoms with Crippen molar-refractivity contribution >= 4 is 17.2 Å². The van der Waals surface area contributed by atoms with Gasteiger partial charge < -0.3 is 10.2 Å². The van der Waals surface area contributed by atoms with Crippen LogP contribution in [0.1, 0.15) is 28.2 Å². The molecule has 4 aromatic rings. The van der Waals surface area contributed by atoms with Crippen LogP contribution in [0.15, 0.2) is 60.8 Å². The highest BCUT2D eigenvalue weighted by atomic mass is 19.1. The summed E-state index contributed by atoms with van der Waals surface area (Å²) >= 11 is 0. The van der Waals surface area contributed by atoms with Crippen molar-refractivity contribution in [2.24, 2.45) is 0 Å². The van der Waals surface area contributed by atoms with Crippen LogP contribution in [0.4, 0.5) is 10.1 Å². The standard InChI is InChI=1S/C28H31FN6O/c1-20-26(22-9-4-3-5-10-22)27-31-19-23(21(2)35(27)32-20)28(36)30-13-8-14-33-15-17-34(18-16-33)25-12-7-6-11-24(25)29/h3-7,9-12,19H,8,13-18H2,1-2H3,(H,30,36). The second-order valence-corrected chi connectivity index (χ2v) is 9.21. The number of para-hydroxylation sites is 1. The Labute approximate surface area is 210 Å². The fourth-order valence-corrected chi connectivity index (χ4v) is 4.89. The number of hydrogen-bond donors (Lipinski definition) is 1. The number of anilines is 1. The first kappa shape index (κ1) is 23.9. The quantitative estimate of drug-likeness (QED) is 0.399. The molecule has 0 aliphatic carbocycles. The maximum atomic E-state index is 14.0. The molecule has 0 bridgehead atoms. The van der Waals surface area contributed by atoms with Crippen molar-refractivity contribution in [1.82, 2.24) is 24.8 Å². The molecule has 0 saturated carbocycles. The Kier molecular flexibility index (Phi) is 6.95. The highest BCUT2D eigenvalue weighted by molar-refractivity contribution is 5.95. The predicted molar refractivity (Wildman–Crippen MR) is 140 cm³/mol. The minimum Gasteiger partial charge on any atom is -0.367 e. The van der Waals surface area contributed by atoms with E-state index in [2.05, 4.69) is 25.2 Å². The molecule has 0 unspecified atom stereocenters. The molecule has 5 rings (SSSR count). The second kappa shape index (κ2) is 10.5. The molecule has 2 aromatic heterocycles. The summed E-state index contributed by atoms with van der Waals surface area (Å²) in [4.78, 5) is 22.0. The number of aryl methyl sites for hydroxylation is 2. The molecular weight excluding hydrogens is 455 g/mol. The lowest BCUT2D eigenvalue weighted by Crippen LogP contribution is -2.47. The molecule has 36 heavy (non-hydrogen) atoms. The fraction of sp³-hybridized carbons (Fsp3) is 0.321. The van der Waals surface area contributed by atoms with Gasteiger partial charge in [-0.15, -0.1) is 0 Å². The van der Waals surface area contributed by atoms with Crippen molar-refractivity contribution in [2.45, 2.75) is 20.3 Å². The van der Waals surface area contributed by atoms with Crippen LogP contribution in [0, 0.1) is 19.7 Å². The number of rotatable bonds is 7. The number of carbonyl (C=O) groups excluding carboxylic acids is 1. The molecule has 1 amide bonds. The monoisotopic (exact) mass is 486 g/mol. The average Bonchev–Trinajstić information content (AvgIpc) is 3.24. The minimum atomic E-state index is -0.168.